The van der Waals surface area contributed by atoms with E-state index in [0.717, 1.165) is 38.5 Å². The number of carboxylic acids is 1. The molecular formula is C26H42NNaO6. The van der Waals surface area contributed by atoms with E-state index in [4.69, 9.17) is 0 Å². The molecule has 0 spiro atoms. The number of carboxylic acid groups (broad SMARTS) is 1. The standard InChI is InChI=1S/C26H43NO6.Na/c1-14(4-7-22(31)27-13-23(32)33)17-5-6-18-24-19(12-21(30)26(17,18)3)25(2)9-8-16(28)10-15(25)11-20(24)29;/h14-21,24,28-30H,4-13H2,1-3H3,(H,27,31)(H,32,33);/q;+1/p-1/t14-,15+,16-,17-,18+,19+,20-,21+,24+,25+,26-;/m0./s1. The molecule has 0 aromatic carbocycles. The van der Waals surface area contributed by atoms with Crippen molar-refractivity contribution < 1.29 is 59.6 Å². The fourth-order valence-electron chi connectivity index (χ4n) is 8.95. The van der Waals surface area contributed by atoms with E-state index in [1.807, 2.05) is 0 Å². The maximum Gasteiger partial charge on any atom is 1.00 e. The van der Waals surface area contributed by atoms with Crippen LogP contribution in [0.15, 0.2) is 0 Å². The number of aliphatic carboxylic acids is 1. The molecule has 0 radical (unpaired) electrons. The van der Waals surface area contributed by atoms with Gasteiger partial charge in [-0.05, 0) is 97.7 Å². The molecule has 4 N–H and O–H groups in total. The van der Waals surface area contributed by atoms with Crippen LogP contribution in [0.5, 0.6) is 0 Å². The van der Waals surface area contributed by atoms with Gasteiger partial charge in [0.25, 0.3) is 0 Å². The second-order valence-corrected chi connectivity index (χ2v) is 12.2. The molecule has 1 amide bonds. The molecule has 4 aliphatic carbocycles. The topological polar surface area (TPSA) is 130 Å². The van der Waals surface area contributed by atoms with Gasteiger partial charge in [0.15, 0.2) is 0 Å². The largest absolute Gasteiger partial charge is 1.00 e. The van der Waals surface area contributed by atoms with Crippen molar-refractivity contribution in [3.63, 3.8) is 0 Å². The van der Waals surface area contributed by atoms with E-state index >= 15 is 0 Å². The molecule has 0 saturated heterocycles. The molecule has 4 aliphatic rings. The van der Waals surface area contributed by atoms with Crippen LogP contribution < -0.4 is 40.0 Å². The van der Waals surface area contributed by atoms with Gasteiger partial charge in [-0.25, -0.2) is 0 Å². The molecule has 0 heterocycles. The van der Waals surface area contributed by atoms with Gasteiger partial charge in [-0.15, -0.1) is 0 Å². The third-order valence-electron chi connectivity index (χ3n) is 10.8. The van der Waals surface area contributed by atoms with Crippen molar-refractivity contribution >= 4 is 11.9 Å². The number of carbonyl (C=O) groups is 2. The summed E-state index contributed by atoms with van der Waals surface area (Å²) in [4.78, 5) is 22.6. The molecular weight excluding hydrogens is 445 g/mol. The molecule has 0 aromatic rings. The van der Waals surface area contributed by atoms with E-state index in [1.165, 1.54) is 0 Å². The second-order valence-electron chi connectivity index (χ2n) is 12.2. The van der Waals surface area contributed by atoms with Crippen molar-refractivity contribution in [2.24, 2.45) is 46.3 Å². The Morgan fingerprint density at radius 1 is 1.06 bits per heavy atom. The van der Waals surface area contributed by atoms with Crippen LogP contribution in [0.1, 0.15) is 78.6 Å². The smallest absolute Gasteiger partial charge is 0.548 e. The summed E-state index contributed by atoms with van der Waals surface area (Å²) in [5, 5.41) is 46.1. The first kappa shape index (κ1) is 28.4. The summed E-state index contributed by atoms with van der Waals surface area (Å²) in [5.41, 5.74) is -0.230. The third kappa shape index (κ3) is 4.87. The average Bonchev–Trinajstić information content (AvgIpc) is 3.11. The van der Waals surface area contributed by atoms with Crippen molar-refractivity contribution in [1.82, 2.24) is 5.32 Å². The fraction of sp³-hybridized carbons (Fsp3) is 0.923. The maximum atomic E-state index is 12.0. The Labute approximate surface area is 225 Å². The SMILES string of the molecule is C[C@@H](CCC(=O)NCC(=O)[O-])[C@@H]1CC[C@@H]2[C@@H]3[C@@H](C[C@@H](O)[C@]21C)[C@]1(C)CC[C@H](O)C[C@@H]1C[C@@H]3O.[Na+]. The molecule has 11 atom stereocenters. The normalized spacial score (nSPS) is 46.3. The van der Waals surface area contributed by atoms with Gasteiger partial charge >= 0.3 is 29.6 Å². The van der Waals surface area contributed by atoms with Crippen LogP contribution >= 0.6 is 0 Å². The summed E-state index contributed by atoms with van der Waals surface area (Å²) in [6.45, 7) is 6.21. The van der Waals surface area contributed by atoms with Gasteiger partial charge in [0, 0.05) is 6.42 Å². The van der Waals surface area contributed by atoms with Crippen LogP contribution in [0.3, 0.4) is 0 Å². The minimum absolute atomic E-state index is 0. The molecule has 4 rings (SSSR count). The molecule has 188 valence electrons. The van der Waals surface area contributed by atoms with Crippen molar-refractivity contribution in [3.8, 4) is 0 Å². The van der Waals surface area contributed by atoms with Gasteiger partial charge in [-0.3, -0.25) is 4.79 Å². The third-order valence-corrected chi connectivity index (χ3v) is 10.8. The number of fused-ring (bicyclic) bond motifs is 5. The summed E-state index contributed by atoms with van der Waals surface area (Å²) >= 11 is 0. The number of amides is 1. The van der Waals surface area contributed by atoms with Crippen LogP contribution in [0.4, 0.5) is 0 Å². The first-order chi connectivity index (χ1) is 15.5. The minimum atomic E-state index is -1.29. The Kier molecular flexibility index (Phi) is 8.91. The number of rotatable bonds is 6. The van der Waals surface area contributed by atoms with Gasteiger partial charge in [-0.1, -0.05) is 20.8 Å². The van der Waals surface area contributed by atoms with E-state index in [0.29, 0.717) is 18.8 Å². The first-order valence-electron chi connectivity index (χ1n) is 13.0. The van der Waals surface area contributed by atoms with Gasteiger partial charge in [0.1, 0.15) is 0 Å². The van der Waals surface area contributed by atoms with Crippen molar-refractivity contribution in [2.45, 2.75) is 96.9 Å². The van der Waals surface area contributed by atoms with E-state index in [2.05, 4.69) is 26.1 Å². The summed E-state index contributed by atoms with van der Waals surface area (Å²) in [7, 11) is 0. The van der Waals surface area contributed by atoms with E-state index in [1.54, 1.807) is 0 Å². The van der Waals surface area contributed by atoms with Crippen LogP contribution in [0, 0.1) is 46.3 Å². The van der Waals surface area contributed by atoms with Crippen LogP contribution in [-0.4, -0.2) is 52.1 Å². The van der Waals surface area contributed by atoms with E-state index in [-0.39, 0.29) is 94.5 Å². The molecule has 4 fully saturated rings. The molecule has 8 heteroatoms. The zero-order valence-corrected chi connectivity index (χ0v) is 23.3. The average molecular weight is 488 g/mol. The molecule has 0 aromatic heterocycles. The predicted molar refractivity (Wildman–Crippen MR) is 120 cm³/mol. The second kappa shape index (κ2) is 10.7. The minimum Gasteiger partial charge on any atom is -0.548 e. The van der Waals surface area contributed by atoms with Crippen molar-refractivity contribution in [1.29, 1.82) is 0 Å². The summed E-state index contributed by atoms with van der Waals surface area (Å²) in [5.74, 6) is -0.0789. The summed E-state index contributed by atoms with van der Waals surface area (Å²) in [6.07, 6.45) is 5.75. The van der Waals surface area contributed by atoms with E-state index in [9.17, 15) is 30.0 Å². The first-order valence-corrected chi connectivity index (χ1v) is 13.0. The Balaban J connectivity index is 0.00000324. The van der Waals surface area contributed by atoms with E-state index < -0.39 is 18.6 Å². The summed E-state index contributed by atoms with van der Waals surface area (Å²) < 4.78 is 0. The van der Waals surface area contributed by atoms with Crippen molar-refractivity contribution in [2.75, 3.05) is 6.54 Å². The molecule has 34 heavy (non-hydrogen) atoms. The number of carbonyl (C=O) groups excluding carboxylic acids is 2. The zero-order valence-electron chi connectivity index (χ0n) is 21.3. The van der Waals surface area contributed by atoms with Gasteiger partial charge in [0.05, 0.1) is 30.8 Å². The maximum absolute atomic E-state index is 12.0. The number of hydrogen-bond acceptors (Lipinski definition) is 6. The molecule has 0 aliphatic heterocycles. The molecule has 7 nitrogen and oxygen atoms in total. The molecule has 0 bridgehead atoms. The summed E-state index contributed by atoms with van der Waals surface area (Å²) in [6, 6.07) is 0. The Morgan fingerprint density at radius 3 is 2.44 bits per heavy atom. The van der Waals surface area contributed by atoms with Crippen LogP contribution in [-0.2, 0) is 9.59 Å². The Bertz CT molecular complexity index is 766. The Hall–Kier alpha value is -0.180. The van der Waals surface area contributed by atoms with Gasteiger partial charge in [0.2, 0.25) is 5.91 Å². The fourth-order valence-corrected chi connectivity index (χ4v) is 8.95. The number of aliphatic hydroxyl groups excluding tert-OH is 3. The van der Waals surface area contributed by atoms with Crippen LogP contribution in [0.2, 0.25) is 0 Å². The number of aliphatic hydroxyl groups is 3. The van der Waals surface area contributed by atoms with Crippen molar-refractivity contribution in [3.05, 3.63) is 0 Å². The molecule has 0 unspecified atom stereocenters. The van der Waals surface area contributed by atoms with Crippen LogP contribution in [0.25, 0.3) is 0 Å². The zero-order chi connectivity index (χ0) is 24.1. The Morgan fingerprint density at radius 2 is 1.76 bits per heavy atom. The van der Waals surface area contributed by atoms with Gasteiger partial charge in [-0.2, -0.15) is 0 Å². The van der Waals surface area contributed by atoms with Gasteiger partial charge < -0.3 is 30.5 Å². The number of hydrogen-bond donors (Lipinski definition) is 4. The quantitative estimate of drug-likeness (QED) is 0.328. The number of nitrogens with one attached hydrogen (secondary N) is 1. The predicted octanol–water partition coefficient (Wildman–Crippen LogP) is -1.77. The monoisotopic (exact) mass is 487 g/mol. The molecule has 4 saturated carbocycles.